The van der Waals surface area contributed by atoms with Gasteiger partial charge in [0.05, 0.1) is 5.69 Å². The van der Waals surface area contributed by atoms with Gasteiger partial charge < -0.3 is 16.8 Å². The summed E-state index contributed by atoms with van der Waals surface area (Å²) in [7, 11) is 0. The van der Waals surface area contributed by atoms with Crippen molar-refractivity contribution >= 4 is 40.6 Å². The molecule has 9 heteroatoms. The average Bonchev–Trinajstić information content (AvgIpc) is 3.01. The van der Waals surface area contributed by atoms with E-state index in [1.54, 1.807) is 12.1 Å². The van der Waals surface area contributed by atoms with Gasteiger partial charge in [-0.3, -0.25) is 19.3 Å². The Bertz CT molecular complexity index is 878. The largest absolute Gasteiger partial charge is 0.395 e. The number of rotatable bonds is 8. The Labute approximate surface area is 168 Å². The zero-order valence-corrected chi connectivity index (χ0v) is 17.0. The SMILES string of the molecule is Cc1ccccc1N(CC(=O)NCCC(C)C)C(=O)c1snc(C(N)=O)c1N. The lowest BCUT2D eigenvalue weighted by atomic mass is 10.1. The van der Waals surface area contributed by atoms with Crippen molar-refractivity contribution in [1.29, 1.82) is 0 Å². The molecule has 0 atom stereocenters. The Morgan fingerprint density at radius 1 is 1.25 bits per heavy atom. The van der Waals surface area contributed by atoms with Crippen LogP contribution in [0.5, 0.6) is 0 Å². The molecule has 0 radical (unpaired) electrons. The number of amides is 3. The summed E-state index contributed by atoms with van der Waals surface area (Å²) in [6.07, 6.45) is 0.841. The van der Waals surface area contributed by atoms with Crippen LogP contribution in [-0.4, -0.2) is 35.2 Å². The van der Waals surface area contributed by atoms with Gasteiger partial charge in [0.1, 0.15) is 11.4 Å². The summed E-state index contributed by atoms with van der Waals surface area (Å²) in [4.78, 5) is 38.4. The lowest BCUT2D eigenvalue weighted by molar-refractivity contribution is -0.119. The summed E-state index contributed by atoms with van der Waals surface area (Å²) in [6.45, 7) is 6.33. The van der Waals surface area contributed by atoms with Crippen LogP contribution in [0.2, 0.25) is 0 Å². The van der Waals surface area contributed by atoms with Crippen molar-refractivity contribution in [2.24, 2.45) is 11.7 Å². The first kappa shape index (κ1) is 21.4. The number of primary amides is 1. The van der Waals surface area contributed by atoms with E-state index in [0.29, 0.717) is 18.2 Å². The number of hydrogen-bond donors (Lipinski definition) is 3. The number of hydrogen-bond acceptors (Lipinski definition) is 6. The van der Waals surface area contributed by atoms with E-state index in [9.17, 15) is 14.4 Å². The van der Waals surface area contributed by atoms with Crippen LogP contribution in [0.4, 0.5) is 11.4 Å². The number of carbonyl (C=O) groups excluding carboxylic acids is 3. The second-order valence-electron chi connectivity index (χ2n) is 6.85. The number of benzene rings is 1. The van der Waals surface area contributed by atoms with Crippen LogP contribution < -0.4 is 21.7 Å². The van der Waals surface area contributed by atoms with Crippen LogP contribution in [0.1, 0.15) is 46.0 Å². The van der Waals surface area contributed by atoms with Gasteiger partial charge in [0.25, 0.3) is 11.8 Å². The lowest BCUT2D eigenvalue weighted by Gasteiger charge is -2.23. The van der Waals surface area contributed by atoms with Gasteiger partial charge in [-0.2, -0.15) is 4.37 Å². The van der Waals surface area contributed by atoms with E-state index in [1.165, 1.54) is 4.90 Å². The monoisotopic (exact) mass is 403 g/mol. The smallest absolute Gasteiger partial charge is 0.272 e. The maximum Gasteiger partial charge on any atom is 0.272 e. The highest BCUT2D eigenvalue weighted by Gasteiger charge is 2.28. The summed E-state index contributed by atoms with van der Waals surface area (Å²) in [6, 6.07) is 7.22. The molecule has 0 fully saturated rings. The Kier molecular flexibility index (Phi) is 7.11. The quantitative estimate of drug-likeness (QED) is 0.620. The van der Waals surface area contributed by atoms with Crippen LogP contribution >= 0.6 is 11.5 Å². The van der Waals surface area contributed by atoms with Crippen LogP contribution in [0, 0.1) is 12.8 Å². The number of nitrogen functional groups attached to an aromatic ring is 1. The van der Waals surface area contributed by atoms with E-state index in [1.807, 2.05) is 19.1 Å². The van der Waals surface area contributed by atoms with Crippen LogP contribution in [0.15, 0.2) is 24.3 Å². The first-order valence-corrected chi connectivity index (χ1v) is 9.68. The minimum atomic E-state index is -0.804. The highest BCUT2D eigenvalue weighted by atomic mass is 32.1. The van der Waals surface area contributed by atoms with Gasteiger partial charge in [-0.15, -0.1) is 0 Å². The second-order valence-corrected chi connectivity index (χ2v) is 7.62. The maximum absolute atomic E-state index is 13.2. The summed E-state index contributed by atoms with van der Waals surface area (Å²) >= 11 is 0.792. The van der Waals surface area contributed by atoms with Crippen molar-refractivity contribution in [2.45, 2.75) is 27.2 Å². The molecule has 0 bridgehead atoms. The number of carbonyl (C=O) groups is 3. The van der Waals surface area contributed by atoms with Gasteiger partial charge in [-0.1, -0.05) is 32.0 Å². The van der Waals surface area contributed by atoms with Gasteiger partial charge in [-0.25, -0.2) is 0 Å². The molecule has 1 aromatic carbocycles. The fourth-order valence-corrected chi connectivity index (χ4v) is 3.34. The highest BCUT2D eigenvalue weighted by molar-refractivity contribution is 7.09. The third-order valence-electron chi connectivity index (χ3n) is 4.15. The Hall–Kier alpha value is -2.94. The Balaban J connectivity index is 2.31. The van der Waals surface area contributed by atoms with Crippen molar-refractivity contribution in [3.8, 4) is 0 Å². The van der Waals surface area contributed by atoms with E-state index >= 15 is 0 Å². The molecule has 1 aromatic heterocycles. The van der Waals surface area contributed by atoms with Crippen molar-refractivity contribution < 1.29 is 14.4 Å². The Morgan fingerprint density at radius 2 is 1.93 bits per heavy atom. The van der Waals surface area contributed by atoms with Gasteiger partial charge in [0.2, 0.25) is 5.91 Å². The molecule has 0 saturated heterocycles. The first-order chi connectivity index (χ1) is 13.2. The standard InChI is InChI=1S/C19H25N5O3S/c1-11(2)8-9-22-14(25)10-24(13-7-5-4-6-12(13)3)19(27)17-15(20)16(18(21)26)23-28-17/h4-7,11H,8-10,20H2,1-3H3,(H2,21,26)(H,22,25). The zero-order chi connectivity index (χ0) is 20.8. The molecule has 0 aliphatic rings. The topological polar surface area (TPSA) is 131 Å². The lowest BCUT2D eigenvalue weighted by Crippen LogP contribution is -2.41. The fraction of sp³-hybridized carbons (Fsp3) is 0.368. The predicted molar refractivity (Wildman–Crippen MR) is 110 cm³/mol. The molecule has 28 heavy (non-hydrogen) atoms. The molecule has 150 valence electrons. The molecular weight excluding hydrogens is 378 g/mol. The number of nitrogens with one attached hydrogen (secondary N) is 1. The van der Waals surface area contributed by atoms with Gasteiger partial charge in [0, 0.05) is 12.2 Å². The van der Waals surface area contributed by atoms with E-state index in [2.05, 4.69) is 23.5 Å². The molecule has 2 rings (SSSR count). The van der Waals surface area contributed by atoms with E-state index in [4.69, 9.17) is 11.5 Å². The summed E-state index contributed by atoms with van der Waals surface area (Å²) < 4.78 is 3.88. The number of para-hydroxylation sites is 1. The molecule has 3 amide bonds. The van der Waals surface area contributed by atoms with E-state index in [0.717, 1.165) is 23.5 Å². The number of aryl methyl sites for hydroxylation is 1. The normalized spacial score (nSPS) is 10.7. The third kappa shape index (κ3) is 5.07. The average molecular weight is 404 g/mol. The first-order valence-electron chi connectivity index (χ1n) is 8.91. The highest BCUT2D eigenvalue weighted by Crippen LogP contribution is 2.27. The molecule has 0 aliphatic carbocycles. The van der Waals surface area contributed by atoms with E-state index in [-0.39, 0.29) is 28.7 Å². The zero-order valence-electron chi connectivity index (χ0n) is 16.2. The predicted octanol–water partition coefficient (Wildman–Crippen LogP) is 1.94. The van der Waals surface area contributed by atoms with Gasteiger partial charge in [-0.05, 0) is 42.4 Å². The molecule has 0 spiro atoms. The summed E-state index contributed by atoms with van der Waals surface area (Å²) in [5, 5.41) is 2.83. The Morgan fingerprint density at radius 3 is 2.50 bits per heavy atom. The molecule has 0 unspecified atom stereocenters. The molecule has 0 aliphatic heterocycles. The van der Waals surface area contributed by atoms with E-state index < -0.39 is 11.8 Å². The van der Waals surface area contributed by atoms with Crippen LogP contribution in [0.3, 0.4) is 0 Å². The van der Waals surface area contributed by atoms with Crippen molar-refractivity contribution in [3.05, 3.63) is 40.4 Å². The minimum Gasteiger partial charge on any atom is -0.395 e. The fourth-order valence-electron chi connectivity index (χ4n) is 2.58. The summed E-state index contributed by atoms with van der Waals surface area (Å²) in [5.41, 5.74) is 12.3. The number of nitrogens with two attached hydrogens (primary N) is 2. The van der Waals surface area contributed by atoms with Crippen molar-refractivity contribution in [1.82, 2.24) is 9.69 Å². The molecule has 8 nitrogen and oxygen atoms in total. The van der Waals surface area contributed by atoms with Crippen LogP contribution in [0.25, 0.3) is 0 Å². The van der Waals surface area contributed by atoms with Gasteiger partial charge >= 0.3 is 0 Å². The third-order valence-corrected chi connectivity index (χ3v) is 5.00. The van der Waals surface area contributed by atoms with Crippen molar-refractivity contribution in [2.75, 3.05) is 23.7 Å². The van der Waals surface area contributed by atoms with Crippen molar-refractivity contribution in [3.63, 3.8) is 0 Å². The molecular formula is C19H25N5O3S. The molecule has 2 aromatic rings. The summed E-state index contributed by atoms with van der Waals surface area (Å²) in [5.74, 6) is -1.13. The maximum atomic E-state index is 13.2. The molecule has 1 heterocycles. The van der Waals surface area contributed by atoms with Crippen LogP contribution in [-0.2, 0) is 4.79 Å². The number of anilines is 2. The minimum absolute atomic E-state index is 0.0682. The van der Waals surface area contributed by atoms with Gasteiger partial charge in [0.15, 0.2) is 5.69 Å². The number of nitrogens with zero attached hydrogens (tertiary/aromatic N) is 2. The molecule has 0 saturated carbocycles. The number of aromatic nitrogens is 1. The molecule has 5 N–H and O–H groups in total. The second kappa shape index (κ2) is 9.32.